The van der Waals surface area contributed by atoms with Crippen molar-refractivity contribution in [3.63, 3.8) is 0 Å². The van der Waals surface area contributed by atoms with Crippen molar-refractivity contribution in [3.05, 3.63) is 34.3 Å². The molecule has 1 aromatic rings. The number of rotatable bonds is 3. The van der Waals surface area contributed by atoms with Gasteiger partial charge in [0.15, 0.2) is 0 Å². The van der Waals surface area contributed by atoms with Gasteiger partial charge in [0.25, 0.3) is 0 Å². The summed E-state index contributed by atoms with van der Waals surface area (Å²) in [6.07, 6.45) is -4.67. The van der Waals surface area contributed by atoms with Crippen LogP contribution in [0.4, 0.5) is 13.2 Å². The van der Waals surface area contributed by atoms with E-state index in [1.165, 1.54) is 6.07 Å². The maximum absolute atomic E-state index is 12.5. The lowest BCUT2D eigenvalue weighted by atomic mass is 9.81. The number of hydrogen-bond donors (Lipinski definition) is 1. The summed E-state index contributed by atoms with van der Waals surface area (Å²) in [7, 11) is 0. The molecule has 0 bridgehead atoms. The second-order valence-electron chi connectivity index (χ2n) is 4.65. The largest absolute Gasteiger partial charge is 0.481 e. The molecule has 2 nitrogen and oxygen atoms in total. The zero-order valence-electron chi connectivity index (χ0n) is 9.81. The predicted octanol–water partition coefficient (Wildman–Crippen LogP) is 4.11. The molecule has 1 N–H and O–H groups in total. The topological polar surface area (TPSA) is 37.3 Å². The summed E-state index contributed by atoms with van der Waals surface area (Å²) in [4.78, 5) is 10.7. The average molecular weight is 281 g/mol. The van der Waals surface area contributed by atoms with E-state index in [1.807, 2.05) is 0 Å². The van der Waals surface area contributed by atoms with Crippen LogP contribution in [0.3, 0.4) is 0 Å². The summed E-state index contributed by atoms with van der Waals surface area (Å²) in [6, 6.07) is 2.96. The van der Waals surface area contributed by atoms with Gasteiger partial charge in [-0.3, -0.25) is 4.79 Å². The lowest BCUT2D eigenvalue weighted by Crippen LogP contribution is -2.22. The Kier molecular flexibility index (Phi) is 3.96. The van der Waals surface area contributed by atoms with E-state index in [9.17, 15) is 18.0 Å². The zero-order chi connectivity index (χ0) is 14.1. The quantitative estimate of drug-likeness (QED) is 0.904. The Morgan fingerprint density at radius 1 is 1.33 bits per heavy atom. The third kappa shape index (κ3) is 3.38. The maximum Gasteiger partial charge on any atom is 0.416 e. The number of alkyl halides is 3. The van der Waals surface area contributed by atoms with Gasteiger partial charge in [-0.1, -0.05) is 31.5 Å². The molecule has 0 saturated carbocycles. The first-order valence-corrected chi connectivity index (χ1v) is 5.51. The van der Waals surface area contributed by atoms with Crippen LogP contribution in [-0.2, 0) is 16.4 Å². The molecule has 0 amide bonds. The van der Waals surface area contributed by atoms with Crippen LogP contribution in [0.25, 0.3) is 0 Å². The molecule has 0 heterocycles. The minimum Gasteiger partial charge on any atom is -0.481 e. The first kappa shape index (κ1) is 14.8. The van der Waals surface area contributed by atoms with Gasteiger partial charge in [-0.05, 0) is 17.7 Å². The van der Waals surface area contributed by atoms with Crippen molar-refractivity contribution in [2.75, 3.05) is 0 Å². The molecule has 100 valence electrons. The summed E-state index contributed by atoms with van der Waals surface area (Å²) in [5, 5.41) is 8.69. The average Bonchev–Trinajstić information content (AvgIpc) is 2.13. The van der Waals surface area contributed by atoms with E-state index in [0.717, 1.165) is 12.1 Å². The van der Waals surface area contributed by atoms with E-state index >= 15 is 0 Å². The molecule has 0 aliphatic rings. The van der Waals surface area contributed by atoms with Gasteiger partial charge in [-0.15, -0.1) is 0 Å². The van der Waals surface area contributed by atoms with Gasteiger partial charge >= 0.3 is 12.1 Å². The predicted molar refractivity (Wildman–Crippen MR) is 61.7 cm³/mol. The van der Waals surface area contributed by atoms with Crippen molar-refractivity contribution in [2.24, 2.45) is 0 Å². The molecular weight excluding hydrogens is 269 g/mol. The summed E-state index contributed by atoms with van der Waals surface area (Å²) >= 11 is 5.81. The molecule has 0 saturated heterocycles. The van der Waals surface area contributed by atoms with Crippen LogP contribution in [0.5, 0.6) is 0 Å². The molecule has 0 fully saturated rings. The molecule has 1 rings (SSSR count). The monoisotopic (exact) mass is 280 g/mol. The van der Waals surface area contributed by atoms with Gasteiger partial charge in [0, 0.05) is 10.4 Å². The van der Waals surface area contributed by atoms with Crippen molar-refractivity contribution >= 4 is 17.6 Å². The SMILES string of the molecule is CC(C)(CC(=O)O)c1ccc(C(F)(F)F)cc1Cl. The molecule has 0 aliphatic carbocycles. The first-order chi connectivity index (χ1) is 8.04. The van der Waals surface area contributed by atoms with Crippen molar-refractivity contribution in [1.82, 2.24) is 0 Å². The Morgan fingerprint density at radius 3 is 2.28 bits per heavy atom. The van der Waals surface area contributed by atoms with Crippen LogP contribution in [0.2, 0.25) is 5.02 Å². The minimum atomic E-state index is -4.46. The van der Waals surface area contributed by atoms with Gasteiger partial charge in [-0.25, -0.2) is 0 Å². The minimum absolute atomic E-state index is 0.0731. The van der Waals surface area contributed by atoms with E-state index in [0.29, 0.717) is 5.56 Å². The number of aliphatic carboxylic acids is 1. The normalized spacial score (nSPS) is 12.6. The highest BCUT2D eigenvalue weighted by Crippen LogP contribution is 2.37. The third-order valence-corrected chi connectivity index (χ3v) is 2.93. The lowest BCUT2D eigenvalue weighted by molar-refractivity contribution is -0.139. The van der Waals surface area contributed by atoms with E-state index < -0.39 is 23.1 Å². The van der Waals surface area contributed by atoms with E-state index in [-0.39, 0.29) is 11.4 Å². The van der Waals surface area contributed by atoms with E-state index in [1.54, 1.807) is 13.8 Å². The molecule has 0 unspecified atom stereocenters. The zero-order valence-corrected chi connectivity index (χ0v) is 10.6. The molecular formula is C12H12ClF3O2. The Hall–Kier alpha value is -1.23. The van der Waals surface area contributed by atoms with Crippen LogP contribution in [-0.4, -0.2) is 11.1 Å². The van der Waals surface area contributed by atoms with Gasteiger partial charge in [0.05, 0.1) is 12.0 Å². The smallest absolute Gasteiger partial charge is 0.416 e. The standard InChI is InChI=1S/C12H12ClF3O2/c1-11(2,6-10(17)18)8-4-3-7(5-9(8)13)12(14,15)16/h3-5H,6H2,1-2H3,(H,17,18). The number of hydrogen-bond acceptors (Lipinski definition) is 1. The number of benzene rings is 1. The molecule has 0 aliphatic heterocycles. The van der Waals surface area contributed by atoms with Crippen LogP contribution in [0.15, 0.2) is 18.2 Å². The summed E-state index contributed by atoms with van der Waals surface area (Å²) in [5.41, 5.74) is -1.28. The molecule has 0 aromatic heterocycles. The summed E-state index contributed by atoms with van der Waals surface area (Å²) in [5.74, 6) is -1.03. The van der Waals surface area contributed by atoms with Gasteiger partial charge in [-0.2, -0.15) is 13.2 Å². The Morgan fingerprint density at radius 2 is 1.89 bits per heavy atom. The molecule has 0 radical (unpaired) electrons. The second kappa shape index (κ2) is 4.80. The van der Waals surface area contributed by atoms with Crippen LogP contribution in [0, 0.1) is 0 Å². The fraction of sp³-hybridized carbons (Fsp3) is 0.417. The van der Waals surface area contributed by atoms with Gasteiger partial charge in [0.1, 0.15) is 0 Å². The fourth-order valence-electron chi connectivity index (χ4n) is 1.71. The van der Waals surface area contributed by atoms with Crippen LogP contribution < -0.4 is 0 Å². The van der Waals surface area contributed by atoms with Crippen molar-refractivity contribution < 1.29 is 23.1 Å². The van der Waals surface area contributed by atoms with Crippen molar-refractivity contribution in [3.8, 4) is 0 Å². The maximum atomic E-state index is 12.5. The van der Waals surface area contributed by atoms with Crippen molar-refractivity contribution in [1.29, 1.82) is 0 Å². The highest BCUT2D eigenvalue weighted by molar-refractivity contribution is 6.31. The summed E-state index contributed by atoms with van der Waals surface area (Å²) < 4.78 is 37.4. The molecule has 6 heteroatoms. The molecule has 18 heavy (non-hydrogen) atoms. The second-order valence-corrected chi connectivity index (χ2v) is 5.05. The Bertz CT molecular complexity index is 467. The number of carboxylic acids is 1. The van der Waals surface area contributed by atoms with Gasteiger partial charge in [0.2, 0.25) is 0 Å². The number of halogens is 4. The molecule has 0 spiro atoms. The van der Waals surface area contributed by atoms with E-state index in [4.69, 9.17) is 16.7 Å². The molecule has 0 atom stereocenters. The van der Waals surface area contributed by atoms with Crippen LogP contribution in [0.1, 0.15) is 31.4 Å². The Balaban J connectivity index is 3.17. The third-order valence-electron chi connectivity index (χ3n) is 2.62. The lowest BCUT2D eigenvalue weighted by Gasteiger charge is -2.25. The highest BCUT2D eigenvalue weighted by atomic mass is 35.5. The first-order valence-electron chi connectivity index (χ1n) is 5.13. The number of carboxylic acid groups (broad SMARTS) is 1. The summed E-state index contributed by atoms with van der Waals surface area (Å²) in [6.45, 7) is 3.24. The van der Waals surface area contributed by atoms with Crippen molar-refractivity contribution in [2.45, 2.75) is 31.9 Å². The van der Waals surface area contributed by atoms with E-state index in [2.05, 4.69) is 0 Å². The fourth-order valence-corrected chi connectivity index (χ4v) is 2.15. The highest BCUT2D eigenvalue weighted by Gasteiger charge is 2.33. The van der Waals surface area contributed by atoms with Gasteiger partial charge < -0.3 is 5.11 Å². The molecule has 1 aromatic carbocycles. The number of carbonyl (C=O) groups is 1. The van der Waals surface area contributed by atoms with Crippen LogP contribution >= 0.6 is 11.6 Å². The Labute approximate surface area is 107 Å².